The minimum Gasteiger partial charge on any atom is -0.444 e. The molecule has 0 aromatic heterocycles. The molecule has 5 unspecified atom stereocenters. The lowest BCUT2D eigenvalue weighted by Gasteiger charge is -2.36. The lowest BCUT2D eigenvalue weighted by atomic mass is 9.97. The summed E-state index contributed by atoms with van der Waals surface area (Å²) in [6, 6.07) is 14.1. The summed E-state index contributed by atoms with van der Waals surface area (Å²) in [5, 5.41) is 2.74. The number of carbonyl (C=O) groups is 3. The number of nitrogens with zero attached hydrogens (tertiary/aromatic N) is 3. The molecule has 2 aromatic rings. The predicted octanol–water partition coefficient (Wildman–Crippen LogP) is 3.84. The van der Waals surface area contributed by atoms with E-state index in [9.17, 15) is 14.4 Å². The number of nitrogens with two attached hydrogens (primary N) is 1. The minimum atomic E-state index is -1.11. The van der Waals surface area contributed by atoms with Crippen LogP contribution in [0.1, 0.15) is 57.6 Å². The highest BCUT2D eigenvalue weighted by Gasteiger charge is 2.53. The van der Waals surface area contributed by atoms with E-state index in [2.05, 4.69) is 39.4 Å². The van der Waals surface area contributed by atoms with Gasteiger partial charge in [-0.25, -0.2) is 9.18 Å². The second kappa shape index (κ2) is 12.0. The number of likely N-dealkylation sites (tertiary alicyclic amines) is 2. The summed E-state index contributed by atoms with van der Waals surface area (Å²) in [4.78, 5) is 45.2. The van der Waals surface area contributed by atoms with Crippen LogP contribution in [0.15, 0.2) is 48.5 Å². The molecule has 2 bridgehead atoms. The van der Waals surface area contributed by atoms with Crippen molar-refractivity contribution in [2.24, 2.45) is 17.6 Å². The van der Waals surface area contributed by atoms with Crippen molar-refractivity contribution in [3.8, 4) is 0 Å². The van der Waals surface area contributed by atoms with E-state index in [-0.39, 0.29) is 18.4 Å². The smallest absolute Gasteiger partial charge is 0.411 e. The molecule has 236 valence electrons. The zero-order valence-electron chi connectivity index (χ0n) is 25.9. The summed E-state index contributed by atoms with van der Waals surface area (Å²) in [6.45, 7) is 9.07. The number of piperidine rings is 1. The minimum absolute atomic E-state index is 0.0133. The van der Waals surface area contributed by atoms with Crippen molar-refractivity contribution in [3.63, 3.8) is 0 Å². The van der Waals surface area contributed by atoms with Gasteiger partial charge in [0.05, 0.1) is 0 Å². The van der Waals surface area contributed by atoms with Crippen LogP contribution < -0.4 is 16.0 Å². The topological polar surface area (TPSA) is 108 Å². The van der Waals surface area contributed by atoms with Gasteiger partial charge in [0.2, 0.25) is 11.8 Å². The summed E-state index contributed by atoms with van der Waals surface area (Å²) in [5.41, 5.74) is 7.41. The first-order chi connectivity index (χ1) is 21.0. The Morgan fingerprint density at radius 3 is 2.52 bits per heavy atom. The molecule has 3 saturated heterocycles. The van der Waals surface area contributed by atoms with Gasteiger partial charge in [0.15, 0.2) is 0 Å². The molecular formula is C34H44FN5O4. The molecule has 9 nitrogen and oxygen atoms in total. The van der Waals surface area contributed by atoms with Crippen molar-refractivity contribution in [1.29, 1.82) is 0 Å². The SMILES string of the molecule is CC(C)(C)OC(=O)N1C2CCC(C2)C1C(=O)N[C@@H](Cc1ccc(N2CC3CCN(Cc4ccccc4)C3C2)cc1F)C(N)=O. The average Bonchev–Trinajstić information content (AvgIpc) is 3.75. The molecule has 0 spiro atoms. The molecule has 0 radical (unpaired) electrons. The van der Waals surface area contributed by atoms with Gasteiger partial charge in [-0.05, 0) is 88.1 Å². The normalized spacial score (nSPS) is 27.0. The lowest BCUT2D eigenvalue weighted by Crippen LogP contribution is -2.57. The third-order valence-corrected chi connectivity index (χ3v) is 9.83. The fraction of sp³-hybridized carbons (Fsp3) is 0.559. The third-order valence-electron chi connectivity index (χ3n) is 9.83. The van der Waals surface area contributed by atoms with Gasteiger partial charge >= 0.3 is 6.09 Å². The number of carbonyl (C=O) groups excluding carboxylic acids is 3. The summed E-state index contributed by atoms with van der Waals surface area (Å²) in [6.07, 6.45) is 2.88. The van der Waals surface area contributed by atoms with E-state index in [0.717, 1.165) is 57.5 Å². The maximum absolute atomic E-state index is 15.5. The highest BCUT2D eigenvalue weighted by molar-refractivity contribution is 5.91. The number of rotatable bonds is 8. The fourth-order valence-corrected chi connectivity index (χ4v) is 7.78. The molecule has 44 heavy (non-hydrogen) atoms. The molecule has 3 amide bonds. The first-order valence-corrected chi connectivity index (χ1v) is 15.9. The van der Waals surface area contributed by atoms with E-state index in [1.165, 1.54) is 16.5 Å². The van der Waals surface area contributed by atoms with Crippen LogP contribution in [0.4, 0.5) is 14.9 Å². The van der Waals surface area contributed by atoms with Crippen molar-refractivity contribution in [2.45, 2.75) is 89.2 Å². The molecular weight excluding hydrogens is 561 g/mol. The summed E-state index contributed by atoms with van der Waals surface area (Å²) < 4.78 is 21.1. The number of halogens is 1. The van der Waals surface area contributed by atoms with Gasteiger partial charge in [-0.15, -0.1) is 0 Å². The molecule has 3 aliphatic heterocycles. The van der Waals surface area contributed by atoms with Crippen molar-refractivity contribution in [2.75, 3.05) is 24.5 Å². The molecule has 3 N–H and O–H groups in total. The number of hydrogen-bond acceptors (Lipinski definition) is 6. The summed E-state index contributed by atoms with van der Waals surface area (Å²) in [7, 11) is 0. The first-order valence-electron chi connectivity index (χ1n) is 15.9. The number of primary amides is 1. The van der Waals surface area contributed by atoms with Crippen LogP contribution >= 0.6 is 0 Å². The van der Waals surface area contributed by atoms with E-state index in [1.54, 1.807) is 26.8 Å². The maximum Gasteiger partial charge on any atom is 0.411 e. The predicted molar refractivity (Wildman–Crippen MR) is 165 cm³/mol. The Labute approximate surface area is 258 Å². The first kappa shape index (κ1) is 30.4. The Hall–Kier alpha value is -3.66. The van der Waals surface area contributed by atoms with Gasteiger partial charge in [-0.2, -0.15) is 0 Å². The molecule has 1 saturated carbocycles. The van der Waals surface area contributed by atoms with E-state index < -0.39 is 41.4 Å². The second-order valence-electron chi connectivity index (χ2n) is 14.0. The molecule has 10 heteroatoms. The second-order valence-corrected chi connectivity index (χ2v) is 14.0. The molecule has 6 atom stereocenters. The lowest BCUT2D eigenvalue weighted by molar-refractivity contribution is -0.132. The highest BCUT2D eigenvalue weighted by Crippen LogP contribution is 2.43. The average molecular weight is 606 g/mol. The standard InChI is InChI=1S/C34H44FN5O4/c1-34(2,3)44-33(43)40-26-12-10-23(15-26)30(40)32(42)37-28(31(36)41)16-22-9-11-25(17-27(22)35)39-19-24-13-14-38(29(24)20-39)18-21-7-5-4-6-8-21/h4-9,11,17,23-24,26,28-30H,10,12-16,18-20H2,1-3H3,(H2,36,41)(H,37,42)/t23?,24?,26?,28-,29?,30?/m0/s1. The van der Waals surface area contributed by atoms with E-state index in [4.69, 9.17) is 10.5 Å². The van der Waals surface area contributed by atoms with Crippen LogP contribution in [-0.4, -0.2) is 77.1 Å². The number of anilines is 1. The Morgan fingerprint density at radius 1 is 1.05 bits per heavy atom. The Balaban J connectivity index is 1.10. The molecule has 3 heterocycles. The van der Waals surface area contributed by atoms with Crippen LogP contribution in [0.3, 0.4) is 0 Å². The maximum atomic E-state index is 15.5. The van der Waals surface area contributed by atoms with Gasteiger partial charge < -0.3 is 20.7 Å². The Kier molecular flexibility index (Phi) is 8.30. The Morgan fingerprint density at radius 2 is 1.82 bits per heavy atom. The van der Waals surface area contributed by atoms with Crippen LogP contribution in [0, 0.1) is 17.7 Å². The van der Waals surface area contributed by atoms with Crippen LogP contribution in [0.5, 0.6) is 0 Å². The quantitative estimate of drug-likeness (QED) is 0.474. The van der Waals surface area contributed by atoms with Gasteiger partial charge in [0.25, 0.3) is 0 Å². The number of fused-ring (bicyclic) bond motifs is 3. The molecule has 6 rings (SSSR count). The van der Waals surface area contributed by atoms with Crippen LogP contribution in [0.25, 0.3) is 0 Å². The van der Waals surface area contributed by atoms with Crippen molar-refractivity contribution in [3.05, 3.63) is 65.5 Å². The fourth-order valence-electron chi connectivity index (χ4n) is 7.78. The third kappa shape index (κ3) is 6.27. The van der Waals surface area contributed by atoms with Crippen molar-refractivity contribution >= 4 is 23.6 Å². The molecule has 4 fully saturated rings. The number of nitrogens with one attached hydrogen (secondary N) is 1. The number of amides is 3. The van der Waals surface area contributed by atoms with Crippen molar-refractivity contribution < 1.29 is 23.5 Å². The number of hydrogen-bond donors (Lipinski definition) is 2. The van der Waals surface area contributed by atoms with Gasteiger partial charge in [0.1, 0.15) is 23.5 Å². The molecule has 1 aliphatic carbocycles. The van der Waals surface area contributed by atoms with Gasteiger partial charge in [-0.3, -0.25) is 19.4 Å². The monoisotopic (exact) mass is 605 g/mol. The van der Waals surface area contributed by atoms with Gasteiger partial charge in [-0.1, -0.05) is 36.4 Å². The van der Waals surface area contributed by atoms with E-state index >= 15 is 4.39 Å². The largest absolute Gasteiger partial charge is 0.444 e. The summed E-state index contributed by atoms with van der Waals surface area (Å²) in [5.74, 6) is -1.11. The number of ether oxygens (including phenoxy) is 1. The van der Waals surface area contributed by atoms with Crippen molar-refractivity contribution in [1.82, 2.24) is 15.1 Å². The zero-order chi connectivity index (χ0) is 31.2. The highest BCUT2D eigenvalue weighted by atomic mass is 19.1. The Bertz CT molecular complexity index is 1400. The molecule has 4 aliphatic rings. The van der Waals surface area contributed by atoms with E-state index in [0.29, 0.717) is 17.5 Å². The van der Waals surface area contributed by atoms with Crippen LogP contribution in [-0.2, 0) is 27.3 Å². The van der Waals surface area contributed by atoms with Gasteiger partial charge in [0, 0.05) is 43.8 Å². The zero-order valence-corrected chi connectivity index (χ0v) is 25.9. The summed E-state index contributed by atoms with van der Waals surface area (Å²) >= 11 is 0. The van der Waals surface area contributed by atoms with Crippen LogP contribution in [0.2, 0.25) is 0 Å². The molecule has 2 aromatic carbocycles. The van der Waals surface area contributed by atoms with E-state index in [1.807, 2.05) is 12.1 Å². The number of benzene rings is 2.